The molecule has 5 nitrogen and oxygen atoms in total. The lowest BCUT2D eigenvalue weighted by Gasteiger charge is -2.15. The smallest absolute Gasteiger partial charge is 0.287 e. The maximum atomic E-state index is 12.1. The van der Waals surface area contributed by atoms with Gasteiger partial charge in [-0.2, -0.15) is 5.10 Å². The first-order chi connectivity index (χ1) is 10.8. The molecule has 1 aromatic carbocycles. The molecule has 0 aliphatic carbocycles. The van der Waals surface area contributed by atoms with Gasteiger partial charge in [0.1, 0.15) is 11.6 Å². The van der Waals surface area contributed by atoms with Crippen LogP contribution in [0.2, 0.25) is 20.1 Å². The summed E-state index contributed by atoms with van der Waals surface area (Å²) in [6.45, 7) is 1.50. The number of benzene rings is 1. The van der Waals surface area contributed by atoms with Crippen molar-refractivity contribution in [3.8, 4) is 0 Å². The average molecular weight is 395 g/mol. The lowest BCUT2D eigenvalue weighted by atomic mass is 10.1. The summed E-state index contributed by atoms with van der Waals surface area (Å²) in [5.74, 6) is -0.406. The Bertz CT molecular complexity index is 807. The van der Waals surface area contributed by atoms with Crippen molar-refractivity contribution in [3.63, 3.8) is 0 Å². The number of hydrogen-bond acceptors (Lipinski definition) is 3. The zero-order valence-corrected chi connectivity index (χ0v) is 14.8. The van der Waals surface area contributed by atoms with Gasteiger partial charge in [-0.25, -0.2) is 4.68 Å². The highest BCUT2D eigenvalue weighted by atomic mass is 35.5. The van der Waals surface area contributed by atoms with Crippen molar-refractivity contribution in [1.82, 2.24) is 15.1 Å². The van der Waals surface area contributed by atoms with E-state index in [4.69, 9.17) is 46.4 Å². The molecule has 0 spiro atoms. The Morgan fingerprint density at radius 1 is 1.22 bits per heavy atom. The number of halogens is 4. The summed E-state index contributed by atoms with van der Waals surface area (Å²) in [6, 6.07) is 4.74. The molecular weight excluding hydrogens is 384 g/mol. The molecule has 0 fully saturated rings. The first-order valence-electron chi connectivity index (χ1n) is 6.45. The summed E-state index contributed by atoms with van der Waals surface area (Å²) in [6.07, 6.45) is 1.21. The maximum absolute atomic E-state index is 12.1. The normalized spacial score (nSPS) is 12.0. The number of carbonyl (C=O) groups excluding carboxylic acids is 1. The predicted octanol–water partition coefficient (Wildman–Crippen LogP) is 3.73. The quantitative estimate of drug-likeness (QED) is 0.858. The van der Waals surface area contributed by atoms with Crippen molar-refractivity contribution in [2.45, 2.75) is 19.5 Å². The second-order valence-corrected chi connectivity index (χ2v) is 6.33. The van der Waals surface area contributed by atoms with Crippen molar-refractivity contribution < 1.29 is 4.79 Å². The van der Waals surface area contributed by atoms with Crippen LogP contribution in [0.1, 0.15) is 18.5 Å². The van der Waals surface area contributed by atoms with Crippen molar-refractivity contribution >= 4 is 52.3 Å². The molecule has 9 heteroatoms. The molecule has 0 saturated carbocycles. The van der Waals surface area contributed by atoms with E-state index in [0.717, 1.165) is 10.2 Å². The van der Waals surface area contributed by atoms with Crippen LogP contribution in [0.3, 0.4) is 0 Å². The summed E-state index contributed by atoms with van der Waals surface area (Å²) in [7, 11) is 0. The lowest BCUT2D eigenvalue weighted by molar-refractivity contribution is -0.122. The molecule has 0 aliphatic heterocycles. The van der Waals surface area contributed by atoms with Crippen molar-refractivity contribution in [2.75, 3.05) is 0 Å². The summed E-state index contributed by atoms with van der Waals surface area (Å²) >= 11 is 23.2. The van der Waals surface area contributed by atoms with E-state index >= 15 is 0 Å². The Labute approximate surface area is 152 Å². The molecule has 1 N–H and O–H groups in total. The van der Waals surface area contributed by atoms with E-state index in [9.17, 15) is 9.59 Å². The van der Waals surface area contributed by atoms with E-state index in [1.165, 1.54) is 6.20 Å². The van der Waals surface area contributed by atoms with E-state index in [1.54, 1.807) is 25.1 Å². The van der Waals surface area contributed by atoms with Gasteiger partial charge in [-0.3, -0.25) is 9.59 Å². The number of nitrogens with one attached hydrogen (secondary N) is 1. The Morgan fingerprint density at radius 3 is 2.57 bits per heavy atom. The molecule has 2 rings (SSSR count). The molecule has 1 unspecified atom stereocenters. The molecule has 122 valence electrons. The molecule has 1 aromatic heterocycles. The Kier molecular flexibility index (Phi) is 5.92. The van der Waals surface area contributed by atoms with E-state index in [1.807, 2.05) is 0 Å². The van der Waals surface area contributed by atoms with Gasteiger partial charge in [-0.15, -0.1) is 0 Å². The number of amides is 1. The van der Waals surface area contributed by atoms with Crippen LogP contribution in [-0.2, 0) is 11.3 Å². The average Bonchev–Trinajstić information content (AvgIpc) is 2.50. The van der Waals surface area contributed by atoms with Crippen LogP contribution in [0, 0.1) is 0 Å². The number of carbonyl (C=O) groups is 1. The van der Waals surface area contributed by atoms with Gasteiger partial charge >= 0.3 is 0 Å². The minimum Gasteiger partial charge on any atom is -0.348 e. The molecule has 2 aromatic rings. The lowest BCUT2D eigenvalue weighted by Crippen LogP contribution is -2.35. The number of aromatic nitrogens is 2. The van der Waals surface area contributed by atoms with Crippen LogP contribution in [0.25, 0.3) is 0 Å². The summed E-state index contributed by atoms with van der Waals surface area (Å²) in [5.41, 5.74) is 0.152. The highest BCUT2D eigenvalue weighted by Gasteiger charge is 2.14. The molecule has 0 aliphatic rings. The number of hydrogen-bond donors (Lipinski definition) is 1. The molecule has 0 bridgehead atoms. The van der Waals surface area contributed by atoms with E-state index < -0.39 is 11.5 Å². The number of rotatable bonds is 4. The van der Waals surface area contributed by atoms with Gasteiger partial charge in [0, 0.05) is 0 Å². The van der Waals surface area contributed by atoms with Gasteiger partial charge in [0.05, 0.1) is 27.3 Å². The molecule has 1 atom stereocenters. The third kappa shape index (κ3) is 4.38. The fraction of sp³-hybridized carbons (Fsp3) is 0.214. The largest absolute Gasteiger partial charge is 0.348 e. The van der Waals surface area contributed by atoms with E-state index in [0.29, 0.717) is 10.0 Å². The topological polar surface area (TPSA) is 64.0 Å². The predicted molar refractivity (Wildman–Crippen MR) is 91.5 cm³/mol. The molecular formula is C14H11Cl4N3O2. The second kappa shape index (κ2) is 7.53. The van der Waals surface area contributed by atoms with Crippen LogP contribution < -0.4 is 10.9 Å². The third-order valence-electron chi connectivity index (χ3n) is 3.06. The molecule has 0 radical (unpaired) electrons. The van der Waals surface area contributed by atoms with Gasteiger partial charge in [-0.1, -0.05) is 52.5 Å². The minimum atomic E-state index is -0.628. The van der Waals surface area contributed by atoms with Gasteiger partial charge in [-0.05, 0) is 24.6 Å². The zero-order valence-electron chi connectivity index (χ0n) is 11.8. The van der Waals surface area contributed by atoms with Crippen LogP contribution in [0.15, 0.2) is 29.2 Å². The van der Waals surface area contributed by atoms with Crippen LogP contribution in [0.4, 0.5) is 0 Å². The fourth-order valence-corrected chi connectivity index (χ4v) is 2.42. The highest BCUT2D eigenvalue weighted by molar-refractivity contribution is 6.42. The summed E-state index contributed by atoms with van der Waals surface area (Å²) < 4.78 is 0.936. The Morgan fingerprint density at radius 2 is 1.91 bits per heavy atom. The van der Waals surface area contributed by atoms with Gasteiger partial charge in [0.25, 0.3) is 5.56 Å². The maximum Gasteiger partial charge on any atom is 0.287 e. The summed E-state index contributed by atoms with van der Waals surface area (Å²) in [4.78, 5) is 23.9. The molecule has 0 saturated heterocycles. The monoisotopic (exact) mass is 393 g/mol. The van der Waals surface area contributed by atoms with E-state index in [2.05, 4.69) is 10.4 Å². The minimum absolute atomic E-state index is 0.0394. The van der Waals surface area contributed by atoms with Gasteiger partial charge < -0.3 is 5.32 Å². The van der Waals surface area contributed by atoms with Crippen molar-refractivity contribution in [3.05, 3.63) is 60.4 Å². The molecule has 1 amide bonds. The van der Waals surface area contributed by atoms with Crippen molar-refractivity contribution in [1.29, 1.82) is 0 Å². The standard InChI is InChI=1S/C14H11Cl4N3O2/c1-7(8-2-3-9(15)10(16)4-8)20-12(22)6-21-14(23)13(18)11(17)5-19-21/h2-5,7H,6H2,1H3,(H,20,22). The van der Waals surface area contributed by atoms with Crippen LogP contribution in [-0.4, -0.2) is 15.7 Å². The van der Waals surface area contributed by atoms with E-state index in [-0.39, 0.29) is 22.6 Å². The first kappa shape index (κ1) is 18.1. The SMILES string of the molecule is CC(NC(=O)Cn1ncc(Cl)c(Cl)c1=O)c1ccc(Cl)c(Cl)c1. The Balaban J connectivity index is 2.09. The second-order valence-electron chi connectivity index (χ2n) is 4.73. The zero-order chi connectivity index (χ0) is 17.1. The van der Waals surface area contributed by atoms with Gasteiger partial charge in [0.2, 0.25) is 5.91 Å². The van der Waals surface area contributed by atoms with Crippen LogP contribution >= 0.6 is 46.4 Å². The third-order valence-corrected chi connectivity index (χ3v) is 4.54. The summed E-state index contributed by atoms with van der Waals surface area (Å²) in [5, 5.41) is 7.20. The first-order valence-corrected chi connectivity index (χ1v) is 7.96. The van der Waals surface area contributed by atoms with Crippen LogP contribution in [0.5, 0.6) is 0 Å². The highest BCUT2D eigenvalue weighted by Crippen LogP contribution is 2.25. The van der Waals surface area contributed by atoms with Crippen molar-refractivity contribution in [2.24, 2.45) is 0 Å². The van der Waals surface area contributed by atoms with Gasteiger partial charge in [0.15, 0.2) is 0 Å². The fourth-order valence-electron chi connectivity index (χ4n) is 1.85. The Hall–Kier alpha value is -1.27. The molecule has 23 heavy (non-hydrogen) atoms. The molecule has 1 heterocycles. The number of nitrogens with zero attached hydrogens (tertiary/aromatic N) is 2.